The van der Waals surface area contributed by atoms with E-state index in [9.17, 15) is 19.5 Å². The minimum absolute atomic E-state index is 0.0739. The first-order valence-electron chi connectivity index (χ1n) is 8.90. The van der Waals surface area contributed by atoms with Crippen LogP contribution in [0.1, 0.15) is 4.88 Å². The van der Waals surface area contributed by atoms with Gasteiger partial charge in [0.15, 0.2) is 5.13 Å². The number of amides is 2. The van der Waals surface area contributed by atoms with Crippen LogP contribution in [0.3, 0.4) is 0 Å². The number of carbonyl (C=O) groups excluding carboxylic acids is 2. The maximum atomic E-state index is 12.8. The van der Waals surface area contributed by atoms with Crippen molar-refractivity contribution in [3.63, 3.8) is 0 Å². The molecule has 2 amide bonds. The van der Waals surface area contributed by atoms with Crippen LogP contribution < -0.4 is 11.1 Å². The van der Waals surface area contributed by atoms with Gasteiger partial charge in [-0.25, -0.2) is 14.5 Å². The van der Waals surface area contributed by atoms with E-state index in [2.05, 4.69) is 25.8 Å². The Bertz CT molecular complexity index is 1160. The summed E-state index contributed by atoms with van der Waals surface area (Å²) in [6.45, 7) is 0. The normalized spacial score (nSPS) is 20.8. The molecular weight excluding hydrogens is 500 g/mol. The lowest BCUT2D eigenvalue weighted by molar-refractivity contribution is -0.150. The first kappa shape index (κ1) is 22.6. The first-order chi connectivity index (χ1) is 15.3. The number of thiazole rings is 1. The summed E-state index contributed by atoms with van der Waals surface area (Å²) in [4.78, 5) is 43.0. The number of β-lactam (4-membered cyclic amide) rings is 1. The Morgan fingerprint density at radius 1 is 1.50 bits per heavy atom. The molecule has 2 aromatic heterocycles. The number of tetrazole rings is 1. The zero-order valence-electron chi connectivity index (χ0n) is 16.3. The summed E-state index contributed by atoms with van der Waals surface area (Å²) in [6, 6.07) is -0.879. The van der Waals surface area contributed by atoms with E-state index >= 15 is 0 Å². The molecule has 4 N–H and O–H groups in total. The number of thioether (sulfide) groups is 2. The molecule has 0 spiro atoms. The van der Waals surface area contributed by atoms with Crippen molar-refractivity contribution >= 4 is 74.9 Å². The number of carboxylic acid groups (broad SMARTS) is 1. The molecule has 0 aliphatic carbocycles. The van der Waals surface area contributed by atoms with Crippen LogP contribution in [0.4, 0.5) is 5.13 Å². The van der Waals surface area contributed by atoms with Gasteiger partial charge < -0.3 is 16.2 Å². The second kappa shape index (κ2) is 9.09. The van der Waals surface area contributed by atoms with Gasteiger partial charge in [-0.05, 0) is 16.0 Å². The summed E-state index contributed by atoms with van der Waals surface area (Å²) in [5, 5.41) is 23.8. The lowest BCUT2D eigenvalue weighted by Crippen LogP contribution is -2.70. The number of anilines is 1. The topological polar surface area (TPSA) is 169 Å². The molecule has 0 aromatic carbocycles. The lowest BCUT2D eigenvalue weighted by atomic mass is 10.0. The van der Waals surface area contributed by atoms with Gasteiger partial charge in [-0.3, -0.25) is 14.5 Å². The van der Waals surface area contributed by atoms with Gasteiger partial charge in [0.1, 0.15) is 17.1 Å². The highest BCUT2D eigenvalue weighted by atomic mass is 35.5. The minimum Gasteiger partial charge on any atom is -0.477 e. The van der Waals surface area contributed by atoms with Crippen LogP contribution in [-0.4, -0.2) is 75.9 Å². The van der Waals surface area contributed by atoms with E-state index in [1.165, 1.54) is 39.3 Å². The number of aryl methyl sites for hydroxylation is 1. The summed E-state index contributed by atoms with van der Waals surface area (Å²) in [7, 11) is 1.68. The third-order valence-corrected chi connectivity index (χ3v) is 8.15. The molecule has 16 heteroatoms. The van der Waals surface area contributed by atoms with Crippen LogP contribution in [0.2, 0.25) is 0 Å². The van der Waals surface area contributed by atoms with E-state index in [0.29, 0.717) is 27.1 Å². The summed E-state index contributed by atoms with van der Waals surface area (Å²) < 4.78 is 1.48. The first-order valence-corrected chi connectivity index (χ1v) is 12.2. The molecule has 168 valence electrons. The number of nitrogen functional groups attached to an aromatic ring is 1. The Morgan fingerprint density at radius 3 is 2.88 bits per heavy atom. The molecule has 4 heterocycles. The van der Waals surface area contributed by atoms with Crippen LogP contribution in [0.15, 0.2) is 28.2 Å². The number of aliphatic carboxylic acids is 1. The van der Waals surface area contributed by atoms with Gasteiger partial charge in [-0.15, -0.1) is 16.9 Å². The zero-order chi connectivity index (χ0) is 23.0. The number of nitrogens with two attached hydrogens (primary N) is 1. The number of carboxylic acids is 1. The molecule has 1 fully saturated rings. The molecular formula is C16H15ClN8O4S3. The Labute approximate surface area is 198 Å². The highest BCUT2D eigenvalue weighted by molar-refractivity contribution is 8.01. The molecule has 2 aromatic rings. The van der Waals surface area contributed by atoms with Gasteiger partial charge in [0.05, 0.1) is 10.5 Å². The van der Waals surface area contributed by atoms with E-state index < -0.39 is 29.2 Å². The maximum Gasteiger partial charge on any atom is 0.352 e. The van der Waals surface area contributed by atoms with E-state index in [-0.39, 0.29) is 16.4 Å². The molecule has 4 rings (SSSR count). The fraction of sp³-hybridized carbons (Fsp3) is 0.312. The van der Waals surface area contributed by atoms with Crippen LogP contribution in [-0.2, 0) is 21.4 Å². The Balaban J connectivity index is 1.48. The van der Waals surface area contributed by atoms with Crippen molar-refractivity contribution in [1.29, 1.82) is 0 Å². The van der Waals surface area contributed by atoms with Gasteiger partial charge in [-0.1, -0.05) is 34.7 Å². The average Bonchev–Trinajstić information content (AvgIpc) is 3.37. The molecule has 0 saturated carbocycles. The predicted octanol–water partition coefficient (Wildman–Crippen LogP) is 0.359. The zero-order valence-corrected chi connectivity index (χ0v) is 19.5. The van der Waals surface area contributed by atoms with Crippen LogP contribution in [0.25, 0.3) is 5.57 Å². The van der Waals surface area contributed by atoms with Crippen molar-refractivity contribution in [2.24, 2.45) is 7.05 Å². The summed E-state index contributed by atoms with van der Waals surface area (Å²) in [6.07, 6.45) is 1.42. The number of halogens is 1. The van der Waals surface area contributed by atoms with Gasteiger partial charge in [0.2, 0.25) is 5.16 Å². The van der Waals surface area contributed by atoms with Gasteiger partial charge in [0, 0.05) is 30.3 Å². The quantitative estimate of drug-likeness (QED) is 0.265. The Morgan fingerprint density at radius 2 is 2.28 bits per heavy atom. The lowest BCUT2D eigenvalue weighted by Gasteiger charge is -2.49. The predicted molar refractivity (Wildman–Crippen MR) is 120 cm³/mol. The van der Waals surface area contributed by atoms with Crippen molar-refractivity contribution in [1.82, 2.24) is 35.4 Å². The summed E-state index contributed by atoms with van der Waals surface area (Å²) >= 11 is 9.54. The number of hydrogen-bond donors (Lipinski definition) is 3. The molecule has 2 aliphatic heterocycles. The van der Waals surface area contributed by atoms with Gasteiger partial charge >= 0.3 is 5.97 Å². The Kier molecular flexibility index (Phi) is 6.41. The number of aromatic nitrogens is 5. The van der Waals surface area contributed by atoms with Gasteiger partial charge in [0.25, 0.3) is 11.8 Å². The number of carbonyl (C=O) groups is 3. The van der Waals surface area contributed by atoms with Crippen LogP contribution in [0.5, 0.6) is 0 Å². The second-order valence-electron chi connectivity index (χ2n) is 6.58. The van der Waals surface area contributed by atoms with E-state index in [4.69, 9.17) is 17.3 Å². The molecule has 12 nitrogen and oxygen atoms in total. The van der Waals surface area contributed by atoms with E-state index in [1.807, 2.05) is 0 Å². The molecule has 2 atom stereocenters. The SMILES string of the molecule is Cn1nnnc1SCC1=C(C(=O)O)N2C(=O)C(NC(=O)C(=CCl)c3cnc(N)s3)[C@H]2SC1. The highest BCUT2D eigenvalue weighted by Gasteiger charge is 2.54. The van der Waals surface area contributed by atoms with Crippen molar-refractivity contribution < 1.29 is 19.5 Å². The fourth-order valence-electron chi connectivity index (χ4n) is 3.14. The monoisotopic (exact) mass is 514 g/mol. The number of nitrogens with one attached hydrogen (secondary N) is 1. The highest BCUT2D eigenvalue weighted by Crippen LogP contribution is 2.41. The molecule has 1 unspecified atom stereocenters. The molecule has 1 saturated heterocycles. The summed E-state index contributed by atoms with van der Waals surface area (Å²) in [5.41, 5.74) is 7.32. The third kappa shape index (κ3) is 4.07. The number of hydrogen-bond acceptors (Lipinski definition) is 11. The van der Waals surface area contributed by atoms with Crippen molar-refractivity contribution in [2.75, 3.05) is 17.2 Å². The third-order valence-electron chi connectivity index (χ3n) is 4.64. The maximum absolute atomic E-state index is 12.8. The number of rotatable bonds is 7. The van der Waals surface area contributed by atoms with Crippen LogP contribution >= 0.6 is 46.5 Å². The van der Waals surface area contributed by atoms with E-state index in [0.717, 1.165) is 16.9 Å². The van der Waals surface area contributed by atoms with Gasteiger partial charge in [-0.2, -0.15) is 0 Å². The standard InChI is InChI=1S/C16H15ClN8O4S3/c1-24-16(21-22-23-24)31-5-6-4-30-13-9(12(27)25(13)10(6)14(28)29)20-11(26)7(2-17)8-3-19-15(18)32-8/h2-3,9,13H,4-5H2,1H3,(H2,18,19)(H,20,26)(H,28,29)/t9?,13-/m1/s1. The number of nitrogens with zero attached hydrogens (tertiary/aromatic N) is 6. The largest absolute Gasteiger partial charge is 0.477 e. The van der Waals surface area contributed by atoms with Crippen LogP contribution in [0, 0.1) is 0 Å². The second-order valence-corrected chi connectivity index (χ2v) is 9.91. The Hall–Kier alpha value is -2.62. The molecule has 0 bridgehead atoms. The molecule has 32 heavy (non-hydrogen) atoms. The smallest absolute Gasteiger partial charge is 0.352 e. The molecule has 2 aliphatic rings. The number of fused-ring (bicyclic) bond motifs is 1. The fourth-order valence-corrected chi connectivity index (χ4v) is 6.45. The average molecular weight is 515 g/mol. The van der Waals surface area contributed by atoms with Crippen molar-refractivity contribution in [2.45, 2.75) is 16.6 Å². The summed E-state index contributed by atoms with van der Waals surface area (Å²) in [5.74, 6) is -1.60. The van der Waals surface area contributed by atoms with E-state index in [1.54, 1.807) is 7.05 Å². The minimum atomic E-state index is -1.21. The van der Waals surface area contributed by atoms with Crippen molar-refractivity contribution in [3.8, 4) is 0 Å². The van der Waals surface area contributed by atoms with Crippen molar-refractivity contribution in [3.05, 3.63) is 27.9 Å². The molecule has 0 radical (unpaired) electrons.